The Labute approximate surface area is 138 Å². The van der Waals surface area contributed by atoms with Crippen LogP contribution in [0, 0.1) is 5.92 Å². The van der Waals surface area contributed by atoms with E-state index in [1.54, 1.807) is 16.4 Å². The molecular weight excluding hydrogens is 320 g/mol. The third kappa shape index (κ3) is 3.65. The SMILES string of the molecule is CC(C1CC1)N1CCN(S(=O)(=O)Cc2ccccc2Cl)CC1. The molecule has 2 fully saturated rings. The molecule has 1 unspecified atom stereocenters. The highest BCUT2D eigenvalue weighted by atomic mass is 35.5. The molecule has 4 nitrogen and oxygen atoms in total. The smallest absolute Gasteiger partial charge is 0.218 e. The monoisotopic (exact) mass is 342 g/mol. The summed E-state index contributed by atoms with van der Waals surface area (Å²) in [5.74, 6) is 0.816. The van der Waals surface area contributed by atoms with Crippen LogP contribution in [0.15, 0.2) is 24.3 Å². The van der Waals surface area contributed by atoms with Crippen LogP contribution in [0.2, 0.25) is 5.02 Å². The molecule has 1 heterocycles. The van der Waals surface area contributed by atoms with E-state index in [0.717, 1.165) is 19.0 Å². The minimum Gasteiger partial charge on any atom is -0.298 e. The summed E-state index contributed by atoms with van der Waals surface area (Å²) in [4.78, 5) is 2.43. The molecule has 122 valence electrons. The van der Waals surface area contributed by atoms with Crippen molar-refractivity contribution in [2.75, 3.05) is 26.2 Å². The Balaban J connectivity index is 1.61. The van der Waals surface area contributed by atoms with Crippen LogP contribution in [-0.4, -0.2) is 49.8 Å². The van der Waals surface area contributed by atoms with Gasteiger partial charge in [-0.05, 0) is 37.3 Å². The van der Waals surface area contributed by atoms with Crippen LogP contribution in [0.1, 0.15) is 25.3 Å². The number of hydrogen-bond donors (Lipinski definition) is 0. The Morgan fingerprint density at radius 1 is 1.18 bits per heavy atom. The van der Waals surface area contributed by atoms with Crippen molar-refractivity contribution < 1.29 is 8.42 Å². The summed E-state index contributed by atoms with van der Waals surface area (Å²) in [5, 5.41) is 0.520. The first-order valence-corrected chi connectivity index (χ1v) is 9.91. The number of rotatable bonds is 5. The Morgan fingerprint density at radius 2 is 1.82 bits per heavy atom. The van der Waals surface area contributed by atoms with Crippen LogP contribution in [0.4, 0.5) is 0 Å². The second kappa shape index (κ2) is 6.48. The van der Waals surface area contributed by atoms with Gasteiger partial charge in [0.2, 0.25) is 10.0 Å². The van der Waals surface area contributed by atoms with E-state index in [2.05, 4.69) is 11.8 Å². The fraction of sp³-hybridized carbons (Fsp3) is 0.625. The van der Waals surface area contributed by atoms with Crippen LogP contribution >= 0.6 is 11.6 Å². The van der Waals surface area contributed by atoms with Gasteiger partial charge in [-0.1, -0.05) is 29.8 Å². The number of halogens is 1. The molecule has 0 aromatic heterocycles. The van der Waals surface area contributed by atoms with Gasteiger partial charge < -0.3 is 0 Å². The van der Waals surface area contributed by atoms with Gasteiger partial charge >= 0.3 is 0 Å². The number of sulfonamides is 1. The molecule has 6 heteroatoms. The molecule has 1 aromatic rings. The van der Waals surface area contributed by atoms with Crippen molar-refractivity contribution in [3.8, 4) is 0 Å². The zero-order valence-corrected chi connectivity index (χ0v) is 14.5. The van der Waals surface area contributed by atoms with Gasteiger partial charge in [0, 0.05) is 37.2 Å². The maximum Gasteiger partial charge on any atom is 0.218 e. The first-order valence-electron chi connectivity index (χ1n) is 7.92. The summed E-state index contributed by atoms with van der Waals surface area (Å²) in [6.07, 6.45) is 2.65. The van der Waals surface area contributed by atoms with Crippen molar-refractivity contribution in [1.82, 2.24) is 9.21 Å². The predicted octanol–water partition coefficient (Wildman–Crippen LogP) is 2.59. The standard InChI is InChI=1S/C16H23ClN2O2S/c1-13(14-6-7-14)18-8-10-19(11-9-18)22(20,21)12-15-4-2-3-5-16(15)17/h2-5,13-14H,6-12H2,1H3. The van der Waals surface area contributed by atoms with Crippen molar-refractivity contribution in [2.24, 2.45) is 5.92 Å². The van der Waals surface area contributed by atoms with Gasteiger partial charge in [0.05, 0.1) is 5.75 Å². The summed E-state index contributed by atoms with van der Waals surface area (Å²) < 4.78 is 26.8. The van der Waals surface area contributed by atoms with E-state index in [4.69, 9.17) is 11.6 Å². The van der Waals surface area contributed by atoms with Crippen LogP contribution < -0.4 is 0 Å². The minimum atomic E-state index is -3.29. The molecule has 0 radical (unpaired) electrons. The molecule has 0 spiro atoms. The molecule has 1 saturated carbocycles. The molecule has 2 aliphatic rings. The normalized spacial score (nSPS) is 22.6. The second-order valence-corrected chi connectivity index (χ2v) is 8.74. The molecule has 1 aliphatic carbocycles. The van der Waals surface area contributed by atoms with E-state index in [1.807, 2.05) is 12.1 Å². The van der Waals surface area contributed by atoms with E-state index in [0.29, 0.717) is 29.7 Å². The van der Waals surface area contributed by atoms with Gasteiger partial charge in [-0.2, -0.15) is 4.31 Å². The maximum atomic E-state index is 12.6. The Hall–Kier alpha value is -0.620. The maximum absolute atomic E-state index is 12.6. The lowest BCUT2D eigenvalue weighted by molar-refractivity contribution is 0.133. The third-order valence-electron chi connectivity index (χ3n) is 4.84. The van der Waals surface area contributed by atoms with Gasteiger partial charge in [0.25, 0.3) is 0 Å². The second-order valence-electron chi connectivity index (χ2n) is 6.36. The average molecular weight is 343 g/mol. The lowest BCUT2D eigenvalue weighted by atomic mass is 10.1. The molecule has 0 amide bonds. The van der Waals surface area contributed by atoms with E-state index < -0.39 is 10.0 Å². The molecule has 22 heavy (non-hydrogen) atoms. The zero-order chi connectivity index (χ0) is 15.7. The number of benzene rings is 1. The summed E-state index contributed by atoms with van der Waals surface area (Å²) in [7, 11) is -3.29. The zero-order valence-electron chi connectivity index (χ0n) is 12.9. The molecule has 1 saturated heterocycles. The third-order valence-corrected chi connectivity index (χ3v) is 7.04. The fourth-order valence-corrected chi connectivity index (χ4v) is 5.00. The summed E-state index contributed by atoms with van der Waals surface area (Å²) >= 11 is 6.08. The van der Waals surface area contributed by atoms with E-state index in [9.17, 15) is 8.42 Å². The number of piperazine rings is 1. The molecule has 1 aliphatic heterocycles. The summed E-state index contributed by atoms with van der Waals surface area (Å²) in [6.45, 7) is 5.11. The van der Waals surface area contributed by atoms with Crippen molar-refractivity contribution in [3.63, 3.8) is 0 Å². The topological polar surface area (TPSA) is 40.6 Å². The van der Waals surface area contributed by atoms with Crippen LogP contribution in [0.25, 0.3) is 0 Å². The first-order chi connectivity index (χ1) is 10.5. The van der Waals surface area contributed by atoms with Gasteiger partial charge in [0.1, 0.15) is 0 Å². The van der Waals surface area contributed by atoms with Crippen molar-refractivity contribution >= 4 is 21.6 Å². The highest BCUT2D eigenvalue weighted by Gasteiger charge is 2.35. The molecular formula is C16H23ClN2O2S. The van der Waals surface area contributed by atoms with Gasteiger partial charge in [-0.3, -0.25) is 4.90 Å². The molecule has 3 rings (SSSR count). The predicted molar refractivity (Wildman–Crippen MR) is 89.4 cm³/mol. The minimum absolute atomic E-state index is 0.00908. The largest absolute Gasteiger partial charge is 0.298 e. The highest BCUT2D eigenvalue weighted by Crippen LogP contribution is 2.35. The summed E-state index contributed by atoms with van der Waals surface area (Å²) in [5.41, 5.74) is 0.679. The number of nitrogens with zero attached hydrogens (tertiary/aromatic N) is 2. The Kier molecular flexibility index (Phi) is 4.78. The lowest BCUT2D eigenvalue weighted by Crippen LogP contribution is -2.51. The Bertz CT molecular complexity index is 623. The Morgan fingerprint density at radius 3 is 2.41 bits per heavy atom. The van der Waals surface area contributed by atoms with Gasteiger partial charge in [-0.25, -0.2) is 8.42 Å². The van der Waals surface area contributed by atoms with Crippen molar-refractivity contribution in [3.05, 3.63) is 34.9 Å². The van der Waals surface area contributed by atoms with Crippen LogP contribution in [-0.2, 0) is 15.8 Å². The number of hydrogen-bond acceptors (Lipinski definition) is 3. The molecule has 0 bridgehead atoms. The highest BCUT2D eigenvalue weighted by molar-refractivity contribution is 7.88. The van der Waals surface area contributed by atoms with E-state index in [-0.39, 0.29) is 5.75 Å². The first kappa shape index (κ1) is 16.2. The van der Waals surface area contributed by atoms with Crippen molar-refractivity contribution in [1.29, 1.82) is 0 Å². The quantitative estimate of drug-likeness (QED) is 0.825. The fourth-order valence-electron chi connectivity index (χ4n) is 3.17. The summed E-state index contributed by atoms with van der Waals surface area (Å²) in [6, 6.07) is 7.75. The lowest BCUT2D eigenvalue weighted by Gasteiger charge is -2.37. The van der Waals surface area contributed by atoms with Gasteiger partial charge in [0.15, 0.2) is 0 Å². The van der Waals surface area contributed by atoms with Crippen molar-refractivity contribution in [2.45, 2.75) is 31.6 Å². The molecule has 1 atom stereocenters. The molecule has 0 N–H and O–H groups in total. The van der Waals surface area contributed by atoms with Crippen LogP contribution in [0.3, 0.4) is 0 Å². The van der Waals surface area contributed by atoms with E-state index in [1.165, 1.54) is 12.8 Å². The van der Waals surface area contributed by atoms with E-state index >= 15 is 0 Å². The average Bonchev–Trinajstić information content (AvgIpc) is 3.34. The van der Waals surface area contributed by atoms with Crippen LogP contribution in [0.5, 0.6) is 0 Å². The van der Waals surface area contributed by atoms with Gasteiger partial charge in [-0.15, -0.1) is 0 Å². The molecule has 1 aromatic carbocycles.